The molecule has 0 aliphatic heterocycles. The smallest absolute Gasteiger partial charge is 0.329 e. The molecule has 0 bridgehead atoms. The van der Waals surface area contributed by atoms with E-state index in [2.05, 4.69) is 30.2 Å². The van der Waals surface area contributed by atoms with Crippen LogP contribution in [0.5, 0.6) is 17.2 Å². The van der Waals surface area contributed by atoms with Gasteiger partial charge in [0.2, 0.25) is 33.1 Å². The molecule has 0 heterocycles. The van der Waals surface area contributed by atoms with Gasteiger partial charge in [-0.1, -0.05) is 53.5 Å². The monoisotopic (exact) mass is 1350 g/mol. The number of hydrogen-bond donors (Lipinski definition) is 3. The highest BCUT2D eigenvalue weighted by atomic mass is 32.2. The average Bonchev–Trinajstić information content (AvgIpc) is 0.845. The number of carbonyl (C=O) groups is 12. The summed E-state index contributed by atoms with van der Waals surface area (Å²) < 4.78 is 111. The third-order valence-corrected chi connectivity index (χ3v) is 14.8. The molecule has 1 unspecified atom stereocenters. The van der Waals surface area contributed by atoms with Gasteiger partial charge in [0, 0.05) is 93.7 Å². The fourth-order valence-electron chi connectivity index (χ4n) is 7.85. The Morgan fingerprint density at radius 2 is 0.591 bits per heavy atom. The van der Waals surface area contributed by atoms with Crippen LogP contribution in [0.25, 0.3) is 33.4 Å². The lowest BCUT2D eigenvalue weighted by atomic mass is 10.0. The molecule has 0 aliphatic carbocycles. The number of ether oxygens (including phenoxy) is 6. The molecule has 21 nitrogen and oxygen atoms in total. The third-order valence-electron chi connectivity index (χ3n) is 11.8. The van der Waals surface area contributed by atoms with E-state index in [0.29, 0.717) is 53.5 Å². The van der Waals surface area contributed by atoms with E-state index in [1.807, 2.05) is 0 Å². The van der Waals surface area contributed by atoms with Crippen molar-refractivity contribution in [3.8, 4) is 50.6 Å². The molecule has 0 aromatic heterocycles. The lowest BCUT2D eigenvalue weighted by Gasteiger charge is -2.15. The summed E-state index contributed by atoms with van der Waals surface area (Å²) in [6.45, 7) is 7.09. The Labute approximate surface area is 539 Å². The molecule has 3 atom stereocenters. The molecule has 0 saturated carbocycles. The van der Waals surface area contributed by atoms with Gasteiger partial charge in [-0.2, -0.15) is 0 Å². The van der Waals surface area contributed by atoms with Crippen molar-refractivity contribution in [3.05, 3.63) is 161 Å². The topological polar surface area (TPSA) is 296 Å². The number of esters is 6. The third kappa shape index (κ3) is 23.7. The average molecular weight is 1350 g/mol. The van der Waals surface area contributed by atoms with Crippen LogP contribution in [-0.4, -0.2) is 126 Å². The number of halogens is 6. The first-order valence-electron chi connectivity index (χ1n) is 26.8. The van der Waals surface area contributed by atoms with Gasteiger partial charge in [0.25, 0.3) is 0 Å². The molecule has 93 heavy (non-hydrogen) atoms. The van der Waals surface area contributed by atoms with E-state index in [1.54, 1.807) is 0 Å². The van der Waals surface area contributed by atoms with E-state index in [0.717, 1.165) is 60.3 Å². The Balaban J connectivity index is 0.000000297. The maximum atomic E-state index is 14.2. The zero-order valence-corrected chi connectivity index (χ0v) is 53.0. The predicted molar refractivity (Wildman–Crippen MR) is 329 cm³/mol. The van der Waals surface area contributed by atoms with Crippen LogP contribution < -0.4 is 30.2 Å². The highest BCUT2D eigenvalue weighted by Gasteiger charge is 2.28. The quantitative estimate of drug-likeness (QED) is 0.0262. The molecule has 0 fully saturated rings. The maximum absolute atomic E-state index is 14.2. The van der Waals surface area contributed by atoms with Crippen LogP contribution in [0.4, 0.5) is 26.3 Å². The summed E-state index contributed by atoms with van der Waals surface area (Å²) in [7, 11) is 3.43. The van der Waals surface area contributed by atoms with Gasteiger partial charge in [-0.15, -0.1) is 0 Å². The largest absolute Gasteiger partial charge is 0.467 e. The number of hydrogen-bond acceptors (Lipinski definition) is 21. The van der Waals surface area contributed by atoms with E-state index in [-0.39, 0.29) is 84.6 Å². The Morgan fingerprint density at radius 1 is 0.355 bits per heavy atom. The number of thioether (sulfide) groups is 3. The van der Waals surface area contributed by atoms with E-state index in [1.165, 1.54) is 93.6 Å². The summed E-state index contributed by atoms with van der Waals surface area (Å²) in [5, 5.41) is 5.34. The zero-order valence-electron chi connectivity index (χ0n) is 50.6. The van der Waals surface area contributed by atoms with Gasteiger partial charge in [-0.3, -0.25) is 43.2 Å². The fourth-order valence-corrected chi connectivity index (χ4v) is 10.4. The first-order valence-corrected chi connectivity index (χ1v) is 29.7. The van der Waals surface area contributed by atoms with Crippen LogP contribution in [0, 0.1) is 34.9 Å². The molecule has 3 N–H and O–H groups in total. The second-order valence-electron chi connectivity index (χ2n) is 18.9. The summed E-state index contributed by atoms with van der Waals surface area (Å²) in [5.41, 5.74) is 0.700. The van der Waals surface area contributed by atoms with E-state index in [9.17, 15) is 83.9 Å². The summed E-state index contributed by atoms with van der Waals surface area (Å²) >= 11 is 2.03. The Hall–Kier alpha value is -9.81. The zero-order chi connectivity index (χ0) is 69.4. The van der Waals surface area contributed by atoms with Gasteiger partial charge in [-0.05, 0) is 89.5 Å². The number of rotatable bonds is 21. The summed E-state index contributed by atoms with van der Waals surface area (Å²) in [5.74, 6) is -11.1. The number of benzene rings is 6. The van der Waals surface area contributed by atoms with Crippen molar-refractivity contribution in [2.45, 2.75) is 59.7 Å². The first-order chi connectivity index (χ1) is 43.8. The van der Waals surface area contributed by atoms with E-state index in [4.69, 9.17) is 14.2 Å². The van der Waals surface area contributed by atoms with Gasteiger partial charge >= 0.3 is 35.8 Å². The van der Waals surface area contributed by atoms with Crippen LogP contribution in [0.1, 0.15) is 72.6 Å². The molecule has 6 aromatic rings. The minimum absolute atomic E-state index is 0.0421. The fraction of sp³-hybridized carbons (Fsp3) is 0.238. The van der Waals surface area contributed by atoms with Gasteiger partial charge < -0.3 is 44.4 Å². The van der Waals surface area contributed by atoms with Gasteiger partial charge in [-0.25, -0.2) is 40.7 Å². The van der Waals surface area contributed by atoms with Crippen molar-refractivity contribution in [2.75, 3.05) is 38.6 Å². The summed E-state index contributed by atoms with van der Waals surface area (Å²) in [4.78, 5) is 142. The second-order valence-corrected chi connectivity index (χ2v) is 21.9. The minimum atomic E-state index is -1.08. The first kappa shape index (κ1) is 75.6. The SMILES string of the molecule is COC(=O)C(CSC(=O)c1cc(-c2ccc(F)cc2F)ccc1OC(C)=O)NC(C)=O.COC(=O)[C@@H](CSC(=O)c1cc(-c2ccc(F)cc2F)ccc1OC(C)=O)NC(C)=O.COC(=O)[C@H](CSC(=O)c1cc(-c2ccc(F)cc2F)ccc1OC(C)=O)NC(C)=O. The van der Waals surface area contributed by atoms with Crippen LogP contribution in [0.15, 0.2) is 109 Å². The van der Waals surface area contributed by atoms with Crippen LogP contribution in [-0.2, 0) is 57.4 Å². The van der Waals surface area contributed by atoms with Gasteiger partial charge in [0.15, 0.2) is 0 Å². The van der Waals surface area contributed by atoms with E-state index < -0.39 is 122 Å². The highest BCUT2D eigenvalue weighted by Crippen LogP contribution is 2.35. The molecule has 3 amide bonds. The molecular weight excluding hydrogens is 1300 g/mol. The number of nitrogens with one attached hydrogen (secondary N) is 3. The second kappa shape index (κ2) is 36.3. The van der Waals surface area contributed by atoms with E-state index >= 15 is 0 Å². The van der Waals surface area contributed by atoms with Crippen molar-refractivity contribution in [1.29, 1.82) is 0 Å². The number of methoxy groups -OCH3 is 3. The lowest BCUT2D eigenvalue weighted by Crippen LogP contribution is -2.42. The Morgan fingerprint density at radius 3 is 0.785 bits per heavy atom. The number of carbonyl (C=O) groups excluding carboxylic acids is 12. The van der Waals surface area contributed by atoms with Crippen molar-refractivity contribution in [1.82, 2.24) is 16.0 Å². The Kier molecular flexibility index (Phi) is 29.5. The van der Waals surface area contributed by atoms with Crippen molar-refractivity contribution < 1.29 is 112 Å². The van der Waals surface area contributed by atoms with Crippen LogP contribution in [0.2, 0.25) is 0 Å². The molecule has 0 radical (unpaired) electrons. The summed E-state index contributed by atoms with van der Waals surface area (Å²) in [6, 6.07) is 17.9. The molecule has 0 saturated heterocycles. The normalized spacial score (nSPS) is 11.4. The molecule has 6 rings (SSSR count). The molecule has 0 aliphatic rings. The predicted octanol–water partition coefficient (Wildman–Crippen LogP) is 9.32. The molecular formula is C63H57F6N3O18S3. The maximum Gasteiger partial charge on any atom is 0.329 e. The lowest BCUT2D eigenvalue weighted by molar-refractivity contribution is -0.144. The van der Waals surface area contributed by atoms with Crippen molar-refractivity contribution in [2.24, 2.45) is 0 Å². The molecule has 30 heteroatoms. The number of amides is 3. The summed E-state index contributed by atoms with van der Waals surface area (Å²) in [6.07, 6.45) is 0. The molecule has 6 aromatic carbocycles. The van der Waals surface area contributed by atoms with Crippen molar-refractivity contribution >= 4 is 104 Å². The molecule has 492 valence electrons. The molecule has 0 spiro atoms. The standard InChI is InChI=1S/3C21H19F2NO6S/c3*1-11(25)24-18(20(27)29-3)10-31-21(28)16-8-13(4-7-19(16)30-12(2)26)15-6-5-14(22)9-17(15)23/h3*4-9,18H,10H2,1-3H3,(H,24,25)/t2*18-;/m10./s1. The van der Waals surface area contributed by atoms with Crippen LogP contribution >= 0.6 is 35.3 Å². The minimum Gasteiger partial charge on any atom is -0.467 e. The van der Waals surface area contributed by atoms with Gasteiger partial charge in [0.1, 0.15) is 70.3 Å². The van der Waals surface area contributed by atoms with Gasteiger partial charge in [0.05, 0.1) is 38.0 Å². The highest BCUT2D eigenvalue weighted by molar-refractivity contribution is 8.14. The Bertz CT molecular complexity index is 3470. The van der Waals surface area contributed by atoms with Crippen LogP contribution in [0.3, 0.4) is 0 Å². The van der Waals surface area contributed by atoms with Crippen molar-refractivity contribution in [3.63, 3.8) is 0 Å².